The van der Waals surface area contributed by atoms with Crippen molar-refractivity contribution in [2.45, 2.75) is 32.0 Å². The number of pyridine rings is 2. The Hall–Kier alpha value is -2.51. The monoisotopic (exact) mass is 397 g/mol. The lowest BCUT2D eigenvalue weighted by atomic mass is 9.73. The van der Waals surface area contributed by atoms with Crippen LogP contribution in [0.4, 0.5) is 0 Å². The van der Waals surface area contributed by atoms with Gasteiger partial charge in [-0.3, -0.25) is 14.6 Å². The molecule has 2 aromatic heterocycles. The van der Waals surface area contributed by atoms with E-state index in [1.54, 1.807) is 31.6 Å². The molecule has 2 atom stereocenters. The maximum Gasteiger partial charge on any atom is 0.270 e. The molecular weight excluding hydrogens is 370 g/mol. The summed E-state index contributed by atoms with van der Waals surface area (Å²) in [5.74, 6) is -0.109. The van der Waals surface area contributed by atoms with Gasteiger partial charge in [-0.05, 0) is 43.0 Å². The molecule has 0 bridgehead atoms. The smallest absolute Gasteiger partial charge is 0.270 e. The summed E-state index contributed by atoms with van der Waals surface area (Å²) in [6, 6.07) is 8.70. The van der Waals surface area contributed by atoms with Crippen LogP contribution in [0.5, 0.6) is 0 Å². The summed E-state index contributed by atoms with van der Waals surface area (Å²) < 4.78 is 13.6. The van der Waals surface area contributed by atoms with Crippen molar-refractivity contribution < 1.29 is 14.3 Å². The number of fused-ring (bicyclic) bond motifs is 1. The first-order chi connectivity index (χ1) is 14.1. The predicted molar refractivity (Wildman–Crippen MR) is 108 cm³/mol. The van der Waals surface area contributed by atoms with Crippen LogP contribution in [0.1, 0.15) is 35.3 Å². The number of aromatic nitrogens is 2. The van der Waals surface area contributed by atoms with Crippen LogP contribution in [-0.2, 0) is 23.1 Å². The number of likely N-dealkylation sites (tertiary alicyclic amines) is 1. The summed E-state index contributed by atoms with van der Waals surface area (Å²) in [6.45, 7) is 3.02. The van der Waals surface area contributed by atoms with Crippen molar-refractivity contribution >= 4 is 5.91 Å². The second-order valence-corrected chi connectivity index (χ2v) is 8.00. The number of ether oxygens (including phenoxy) is 2. The van der Waals surface area contributed by atoms with E-state index in [1.165, 1.54) is 10.6 Å². The molecule has 7 nitrogen and oxygen atoms in total. The van der Waals surface area contributed by atoms with Gasteiger partial charge in [0.2, 0.25) is 0 Å². The number of amides is 1. The summed E-state index contributed by atoms with van der Waals surface area (Å²) >= 11 is 0. The molecule has 2 unspecified atom stereocenters. The van der Waals surface area contributed by atoms with E-state index in [-0.39, 0.29) is 23.0 Å². The normalized spacial score (nSPS) is 24.2. The number of nitrogens with zero attached hydrogens (tertiary/aromatic N) is 3. The fraction of sp³-hybridized carbons (Fsp3) is 0.500. The van der Waals surface area contributed by atoms with Crippen molar-refractivity contribution in [2.75, 3.05) is 26.3 Å². The number of carbonyl (C=O) groups excluding carboxylic acids is 1. The molecule has 2 fully saturated rings. The van der Waals surface area contributed by atoms with Crippen LogP contribution in [0.15, 0.2) is 47.5 Å². The van der Waals surface area contributed by atoms with E-state index < -0.39 is 0 Å². The Morgan fingerprint density at radius 2 is 2.14 bits per heavy atom. The molecule has 2 aliphatic rings. The van der Waals surface area contributed by atoms with Gasteiger partial charge in [0.1, 0.15) is 5.69 Å². The molecule has 0 saturated carbocycles. The molecule has 2 aromatic rings. The summed E-state index contributed by atoms with van der Waals surface area (Å²) in [4.78, 5) is 31.0. The van der Waals surface area contributed by atoms with Crippen molar-refractivity contribution in [3.63, 3.8) is 0 Å². The van der Waals surface area contributed by atoms with E-state index in [1.807, 2.05) is 17.0 Å². The van der Waals surface area contributed by atoms with E-state index in [2.05, 4.69) is 4.98 Å². The van der Waals surface area contributed by atoms with Crippen LogP contribution in [0.3, 0.4) is 0 Å². The molecule has 0 aliphatic carbocycles. The van der Waals surface area contributed by atoms with Gasteiger partial charge in [0.15, 0.2) is 0 Å². The summed E-state index contributed by atoms with van der Waals surface area (Å²) in [5, 5.41) is 0. The van der Waals surface area contributed by atoms with Gasteiger partial charge < -0.3 is 18.9 Å². The van der Waals surface area contributed by atoms with Crippen LogP contribution >= 0.6 is 0 Å². The Morgan fingerprint density at radius 1 is 1.31 bits per heavy atom. The third-order valence-electron chi connectivity index (χ3n) is 6.09. The summed E-state index contributed by atoms with van der Waals surface area (Å²) in [7, 11) is 1.64. The fourth-order valence-electron chi connectivity index (χ4n) is 4.47. The second-order valence-electron chi connectivity index (χ2n) is 8.00. The van der Waals surface area contributed by atoms with Gasteiger partial charge in [0.25, 0.3) is 11.5 Å². The molecule has 0 aromatic carbocycles. The maximum absolute atomic E-state index is 13.2. The van der Waals surface area contributed by atoms with E-state index >= 15 is 0 Å². The Morgan fingerprint density at radius 3 is 2.97 bits per heavy atom. The zero-order valence-electron chi connectivity index (χ0n) is 16.8. The van der Waals surface area contributed by atoms with Gasteiger partial charge in [-0.1, -0.05) is 6.07 Å². The second kappa shape index (κ2) is 8.47. The first kappa shape index (κ1) is 19.8. The van der Waals surface area contributed by atoms with E-state index in [9.17, 15) is 9.59 Å². The Bertz CT molecular complexity index is 914. The third-order valence-corrected chi connectivity index (χ3v) is 6.09. The minimum Gasteiger partial charge on any atom is -0.377 e. The molecule has 7 heteroatoms. The lowest BCUT2D eigenvalue weighted by molar-refractivity contribution is -0.148. The van der Waals surface area contributed by atoms with Crippen molar-refractivity contribution in [2.24, 2.45) is 12.5 Å². The minimum absolute atomic E-state index is 0.0948. The van der Waals surface area contributed by atoms with Crippen molar-refractivity contribution in [1.82, 2.24) is 14.5 Å². The maximum atomic E-state index is 13.2. The molecule has 0 spiro atoms. The Labute approximate surface area is 170 Å². The number of hydrogen-bond acceptors (Lipinski definition) is 5. The van der Waals surface area contributed by atoms with Crippen LogP contribution < -0.4 is 5.56 Å². The quantitative estimate of drug-likeness (QED) is 0.772. The zero-order valence-corrected chi connectivity index (χ0v) is 16.8. The van der Waals surface area contributed by atoms with Crippen molar-refractivity contribution in [3.05, 3.63) is 64.3 Å². The lowest BCUT2D eigenvalue weighted by Crippen LogP contribution is -2.58. The number of rotatable bonds is 5. The number of carbonyl (C=O) groups is 1. The minimum atomic E-state index is -0.215. The number of hydrogen-bond donors (Lipinski definition) is 0. The first-order valence-electron chi connectivity index (χ1n) is 10.1. The SMILES string of the molecule is Cn1c(C(=O)N2CCC3OCCCC3(COCc3ccncc3)C2)cccc1=O. The van der Waals surface area contributed by atoms with Gasteiger partial charge in [-0.15, -0.1) is 0 Å². The zero-order chi connectivity index (χ0) is 20.3. The first-order valence-corrected chi connectivity index (χ1v) is 10.1. The van der Waals surface area contributed by atoms with Gasteiger partial charge in [-0.2, -0.15) is 0 Å². The predicted octanol–water partition coefficient (Wildman–Crippen LogP) is 2.01. The molecule has 4 heterocycles. The highest BCUT2D eigenvalue weighted by Crippen LogP contribution is 2.41. The van der Waals surface area contributed by atoms with Crippen molar-refractivity contribution in [3.8, 4) is 0 Å². The van der Waals surface area contributed by atoms with Gasteiger partial charge >= 0.3 is 0 Å². The summed E-state index contributed by atoms with van der Waals surface area (Å²) in [5.41, 5.74) is 1.10. The highest BCUT2D eigenvalue weighted by atomic mass is 16.5. The molecule has 154 valence electrons. The van der Waals surface area contributed by atoms with Crippen LogP contribution in [-0.4, -0.2) is 52.8 Å². The average Bonchev–Trinajstić information content (AvgIpc) is 2.75. The largest absolute Gasteiger partial charge is 0.377 e. The van der Waals surface area contributed by atoms with Crippen LogP contribution in [0.2, 0.25) is 0 Å². The molecule has 29 heavy (non-hydrogen) atoms. The number of piperidine rings is 1. The molecular formula is C22H27N3O4. The molecule has 2 aliphatic heterocycles. The van der Waals surface area contributed by atoms with E-state index in [4.69, 9.17) is 9.47 Å². The van der Waals surface area contributed by atoms with E-state index in [0.717, 1.165) is 31.4 Å². The van der Waals surface area contributed by atoms with Gasteiger partial charge in [0, 0.05) is 50.6 Å². The van der Waals surface area contributed by atoms with Gasteiger partial charge in [-0.25, -0.2) is 0 Å². The van der Waals surface area contributed by atoms with Gasteiger partial charge in [0.05, 0.1) is 19.3 Å². The molecule has 1 amide bonds. The third kappa shape index (κ3) is 4.11. The summed E-state index contributed by atoms with van der Waals surface area (Å²) in [6.07, 6.45) is 6.32. The standard InChI is InChI=1S/C22H27N3O4/c1-24-18(4-2-5-20(24)26)21(27)25-12-8-19-22(15-25,9-3-13-29-19)16-28-14-17-6-10-23-11-7-17/h2,4-7,10-11,19H,3,8-9,12-16H2,1H3. The van der Waals surface area contributed by atoms with E-state index in [0.29, 0.717) is 32.0 Å². The lowest BCUT2D eigenvalue weighted by Gasteiger charge is -2.50. The molecule has 2 saturated heterocycles. The van der Waals surface area contributed by atoms with Crippen LogP contribution in [0, 0.1) is 5.41 Å². The molecule has 0 N–H and O–H groups in total. The highest BCUT2D eigenvalue weighted by molar-refractivity contribution is 5.92. The fourth-order valence-corrected chi connectivity index (χ4v) is 4.47. The Balaban J connectivity index is 1.50. The topological polar surface area (TPSA) is 73.7 Å². The molecule has 0 radical (unpaired) electrons. The van der Waals surface area contributed by atoms with Crippen LogP contribution in [0.25, 0.3) is 0 Å². The Kier molecular flexibility index (Phi) is 5.78. The highest BCUT2D eigenvalue weighted by Gasteiger charge is 2.47. The van der Waals surface area contributed by atoms with Crippen molar-refractivity contribution in [1.29, 1.82) is 0 Å². The molecule has 4 rings (SSSR count). The average molecular weight is 397 g/mol.